The molecule has 13 heavy (non-hydrogen) atoms. The molecule has 0 aromatic rings. The summed E-state index contributed by atoms with van der Waals surface area (Å²) in [6.07, 6.45) is 0. The van der Waals surface area contributed by atoms with Crippen LogP contribution in [0, 0.1) is 0 Å². The van der Waals surface area contributed by atoms with Gasteiger partial charge in [-0.2, -0.15) is 0 Å². The van der Waals surface area contributed by atoms with Gasteiger partial charge in [0, 0.05) is 0 Å². The molecule has 0 saturated carbocycles. The number of hydrogen-bond donors (Lipinski definition) is 0. The molecule has 0 aromatic carbocycles. The minimum atomic E-state index is -2.33. The summed E-state index contributed by atoms with van der Waals surface area (Å²) in [5.41, 5.74) is 0. The van der Waals surface area contributed by atoms with Gasteiger partial charge in [-0.1, -0.05) is 0 Å². The molecule has 0 aliphatic heterocycles. The van der Waals surface area contributed by atoms with E-state index in [0.29, 0.717) is 0 Å². The van der Waals surface area contributed by atoms with Crippen molar-refractivity contribution in [3.05, 3.63) is 0 Å². The molecule has 0 aliphatic rings. The van der Waals surface area contributed by atoms with Crippen LogP contribution in [0.5, 0.6) is 0 Å². The molecule has 80 valence electrons. The van der Waals surface area contributed by atoms with E-state index < -0.39 is 14.2 Å². The van der Waals surface area contributed by atoms with Crippen molar-refractivity contribution in [3.63, 3.8) is 0 Å². The normalized spacial score (nSPS) is 13.8. The molecule has 0 spiro atoms. The van der Waals surface area contributed by atoms with Gasteiger partial charge in [0.15, 0.2) is 0 Å². The Morgan fingerprint density at radius 1 is 0.462 bits per heavy atom. The number of rotatable bonds is 4. The maximum atomic E-state index is 2.38. The Morgan fingerprint density at radius 3 is 0.615 bits per heavy atom. The van der Waals surface area contributed by atoms with E-state index in [1.54, 1.807) is 0 Å². The van der Waals surface area contributed by atoms with Gasteiger partial charge < -0.3 is 0 Å². The second kappa shape index (κ2) is 4.75. The van der Waals surface area contributed by atoms with Gasteiger partial charge in [0.05, 0.1) is 0 Å². The first kappa shape index (κ1) is 13.4. The van der Waals surface area contributed by atoms with E-state index in [9.17, 15) is 0 Å². The summed E-state index contributed by atoms with van der Waals surface area (Å²) < 4.78 is 9.50. The summed E-state index contributed by atoms with van der Waals surface area (Å²) in [5.74, 6) is 0. The summed E-state index contributed by atoms with van der Waals surface area (Å²) in [7, 11) is 17.3. The predicted molar refractivity (Wildman–Crippen MR) is 60.5 cm³/mol. The maximum absolute atomic E-state index is 2.38. The third kappa shape index (κ3) is 2.25. The quantitative estimate of drug-likeness (QED) is 0.632. The van der Waals surface area contributed by atoms with Crippen molar-refractivity contribution in [2.75, 3.05) is 56.4 Å². The first-order valence-electron chi connectivity index (χ1n) is 4.47. The van der Waals surface area contributed by atoms with E-state index in [1.807, 2.05) is 0 Å². The number of hydrogen-bond acceptors (Lipinski definition) is 4. The average molecular weight is 249 g/mol. The van der Waals surface area contributed by atoms with Gasteiger partial charge in [-0.05, 0) is 0 Å². The average Bonchev–Trinajstić information content (AvgIpc) is 1.82. The van der Waals surface area contributed by atoms with Crippen molar-refractivity contribution in [1.29, 1.82) is 0 Å². The van der Waals surface area contributed by atoms with Gasteiger partial charge in [-0.3, -0.25) is 0 Å². The van der Waals surface area contributed by atoms with E-state index >= 15 is 0 Å². The van der Waals surface area contributed by atoms with Gasteiger partial charge in [0.25, 0.3) is 0 Å². The molecule has 0 saturated heterocycles. The zero-order valence-corrected chi connectivity index (χ0v) is 12.4. The Morgan fingerprint density at radius 2 is 0.615 bits per heavy atom. The fourth-order valence-corrected chi connectivity index (χ4v) is 12.5. The molecular formula is C8H24GeN4. The van der Waals surface area contributed by atoms with Gasteiger partial charge in [-0.15, -0.1) is 0 Å². The first-order valence-corrected chi connectivity index (χ1v) is 8.23. The molecule has 0 heterocycles. The molecule has 0 unspecified atom stereocenters. The second-order valence-electron chi connectivity index (χ2n) is 4.18. The van der Waals surface area contributed by atoms with Crippen LogP contribution in [0.2, 0.25) is 0 Å². The zero-order chi connectivity index (χ0) is 10.8. The SMILES string of the molecule is C[N](C)[Ge]([N](C)C)([N](C)C)[N](C)C. The molecular weight excluding hydrogens is 225 g/mol. The Kier molecular flexibility index (Phi) is 4.89. The molecule has 4 nitrogen and oxygen atoms in total. The van der Waals surface area contributed by atoms with Crippen molar-refractivity contribution in [2.24, 2.45) is 0 Å². The Bertz CT molecular complexity index is 119. The molecule has 0 radical (unpaired) electrons. The predicted octanol–water partition coefficient (Wildman–Crippen LogP) is -0.332. The van der Waals surface area contributed by atoms with Crippen LogP contribution in [0.25, 0.3) is 0 Å². The standard InChI is InChI=1S/C8H24GeN4/c1-10(2)9(11(3)4,12(5)6)13(7)8/h1-8H3. The summed E-state index contributed by atoms with van der Waals surface area (Å²) in [4.78, 5) is 0. The third-order valence-electron chi connectivity index (χ3n) is 2.40. The van der Waals surface area contributed by atoms with Crippen LogP contribution < -0.4 is 0 Å². The molecule has 0 amide bonds. The van der Waals surface area contributed by atoms with Crippen LogP contribution in [0.1, 0.15) is 0 Å². The van der Waals surface area contributed by atoms with Crippen LogP contribution in [0.3, 0.4) is 0 Å². The van der Waals surface area contributed by atoms with Crippen LogP contribution in [0.15, 0.2) is 0 Å². The van der Waals surface area contributed by atoms with E-state index in [2.05, 4.69) is 71.8 Å². The molecule has 5 heteroatoms. The van der Waals surface area contributed by atoms with Crippen molar-refractivity contribution >= 4 is 14.2 Å². The fraction of sp³-hybridized carbons (Fsp3) is 1.00. The van der Waals surface area contributed by atoms with Crippen molar-refractivity contribution in [3.8, 4) is 0 Å². The molecule has 0 rings (SSSR count). The molecule has 0 aromatic heterocycles. The van der Waals surface area contributed by atoms with Crippen molar-refractivity contribution in [2.45, 2.75) is 0 Å². The minimum absolute atomic E-state index is 2.17. The Hall–Kier alpha value is 0.383. The van der Waals surface area contributed by atoms with Crippen LogP contribution >= 0.6 is 0 Å². The number of nitrogens with zero attached hydrogens (tertiary/aromatic N) is 4. The van der Waals surface area contributed by atoms with E-state index in [-0.39, 0.29) is 0 Å². The molecule has 0 atom stereocenters. The van der Waals surface area contributed by atoms with Gasteiger partial charge in [-0.25, -0.2) is 0 Å². The third-order valence-corrected chi connectivity index (χ3v) is 12.5. The van der Waals surface area contributed by atoms with Crippen LogP contribution in [-0.4, -0.2) is 86.0 Å². The van der Waals surface area contributed by atoms with Crippen LogP contribution in [-0.2, 0) is 0 Å². The van der Waals surface area contributed by atoms with E-state index in [0.717, 1.165) is 0 Å². The van der Waals surface area contributed by atoms with Gasteiger partial charge in [0.1, 0.15) is 0 Å². The van der Waals surface area contributed by atoms with E-state index in [1.165, 1.54) is 0 Å². The summed E-state index contributed by atoms with van der Waals surface area (Å²) in [5, 5.41) is 0. The molecule has 0 N–H and O–H groups in total. The Labute approximate surface area is 86.3 Å². The molecule has 0 fully saturated rings. The monoisotopic (exact) mass is 250 g/mol. The Balaban J connectivity index is 5.06. The van der Waals surface area contributed by atoms with Gasteiger partial charge in [0.2, 0.25) is 0 Å². The fourth-order valence-electron chi connectivity index (χ4n) is 2.40. The van der Waals surface area contributed by atoms with Crippen molar-refractivity contribution in [1.82, 2.24) is 15.4 Å². The van der Waals surface area contributed by atoms with Crippen molar-refractivity contribution < 1.29 is 0 Å². The summed E-state index contributed by atoms with van der Waals surface area (Å²) in [6.45, 7) is 0. The topological polar surface area (TPSA) is 13.0 Å². The second-order valence-corrected chi connectivity index (χ2v) is 14.2. The summed E-state index contributed by atoms with van der Waals surface area (Å²) >= 11 is -2.33. The van der Waals surface area contributed by atoms with E-state index in [4.69, 9.17) is 0 Å². The zero-order valence-electron chi connectivity index (χ0n) is 10.3. The van der Waals surface area contributed by atoms with Crippen LogP contribution in [0.4, 0.5) is 0 Å². The summed E-state index contributed by atoms with van der Waals surface area (Å²) in [6, 6.07) is 0. The van der Waals surface area contributed by atoms with Gasteiger partial charge >= 0.3 is 86.0 Å². The molecule has 0 aliphatic carbocycles. The molecule has 0 bridgehead atoms. The first-order chi connectivity index (χ1) is 5.77.